The summed E-state index contributed by atoms with van der Waals surface area (Å²) in [5.41, 5.74) is 8.03. The van der Waals surface area contributed by atoms with Crippen molar-refractivity contribution in [3.8, 4) is 11.3 Å². The maximum atomic E-state index is 12.8. The van der Waals surface area contributed by atoms with Crippen molar-refractivity contribution in [1.82, 2.24) is 9.97 Å². The van der Waals surface area contributed by atoms with Crippen LogP contribution in [0.4, 0.5) is 4.39 Å². The van der Waals surface area contributed by atoms with Crippen LogP contribution in [0.15, 0.2) is 36.7 Å². The van der Waals surface area contributed by atoms with Crippen molar-refractivity contribution in [2.75, 3.05) is 6.54 Å². The third-order valence-corrected chi connectivity index (χ3v) is 2.26. The molecular formula is C12H12FN3. The van der Waals surface area contributed by atoms with Gasteiger partial charge in [-0.2, -0.15) is 0 Å². The quantitative estimate of drug-likeness (QED) is 0.852. The van der Waals surface area contributed by atoms with E-state index in [4.69, 9.17) is 5.73 Å². The molecule has 0 aliphatic rings. The summed E-state index contributed by atoms with van der Waals surface area (Å²) in [7, 11) is 0. The second-order valence-electron chi connectivity index (χ2n) is 3.44. The Morgan fingerprint density at radius 1 is 1.12 bits per heavy atom. The van der Waals surface area contributed by atoms with E-state index in [1.807, 2.05) is 6.07 Å². The summed E-state index contributed by atoms with van der Waals surface area (Å²) in [6, 6.07) is 8.11. The first-order valence-corrected chi connectivity index (χ1v) is 5.06. The van der Waals surface area contributed by atoms with Crippen molar-refractivity contribution < 1.29 is 4.39 Å². The van der Waals surface area contributed by atoms with E-state index in [9.17, 15) is 4.39 Å². The van der Waals surface area contributed by atoms with Gasteiger partial charge >= 0.3 is 0 Å². The predicted octanol–water partition coefficient (Wildman–Crippen LogP) is 1.78. The predicted molar refractivity (Wildman–Crippen MR) is 60.2 cm³/mol. The Labute approximate surface area is 93.2 Å². The smallest absolute Gasteiger partial charge is 0.123 e. The summed E-state index contributed by atoms with van der Waals surface area (Å²) in [6.45, 7) is 0.555. The molecule has 2 N–H and O–H groups in total. The molecule has 0 saturated carbocycles. The van der Waals surface area contributed by atoms with Crippen molar-refractivity contribution >= 4 is 0 Å². The number of hydrogen-bond donors (Lipinski definition) is 1. The summed E-state index contributed by atoms with van der Waals surface area (Å²) < 4.78 is 12.8. The Bertz CT molecular complexity index is 468. The third-order valence-electron chi connectivity index (χ3n) is 2.26. The SMILES string of the molecule is NCCc1cc(-c2ccc(F)cc2)ncn1. The summed E-state index contributed by atoms with van der Waals surface area (Å²) in [6.07, 6.45) is 2.22. The van der Waals surface area contributed by atoms with Gasteiger partial charge in [-0.3, -0.25) is 0 Å². The first-order chi connectivity index (χ1) is 7.79. The van der Waals surface area contributed by atoms with Crippen molar-refractivity contribution in [3.05, 3.63) is 48.2 Å². The first-order valence-electron chi connectivity index (χ1n) is 5.06. The summed E-state index contributed by atoms with van der Waals surface area (Å²) >= 11 is 0. The van der Waals surface area contributed by atoms with E-state index < -0.39 is 0 Å². The highest BCUT2D eigenvalue weighted by atomic mass is 19.1. The molecule has 1 aromatic carbocycles. The van der Waals surface area contributed by atoms with Gasteiger partial charge in [0.15, 0.2) is 0 Å². The van der Waals surface area contributed by atoms with E-state index in [-0.39, 0.29) is 5.82 Å². The van der Waals surface area contributed by atoms with Crippen LogP contribution in [0.2, 0.25) is 0 Å². The molecular weight excluding hydrogens is 205 g/mol. The lowest BCUT2D eigenvalue weighted by Gasteiger charge is -2.02. The van der Waals surface area contributed by atoms with Gasteiger partial charge in [-0.05, 0) is 36.9 Å². The Morgan fingerprint density at radius 3 is 2.56 bits per heavy atom. The Balaban J connectivity index is 2.32. The van der Waals surface area contributed by atoms with Gasteiger partial charge in [-0.15, -0.1) is 0 Å². The molecule has 0 fully saturated rings. The number of halogens is 1. The fraction of sp³-hybridized carbons (Fsp3) is 0.167. The van der Waals surface area contributed by atoms with E-state index in [0.717, 1.165) is 23.4 Å². The maximum absolute atomic E-state index is 12.8. The van der Waals surface area contributed by atoms with Gasteiger partial charge < -0.3 is 5.73 Å². The van der Waals surface area contributed by atoms with Crippen molar-refractivity contribution in [1.29, 1.82) is 0 Å². The Kier molecular flexibility index (Phi) is 3.22. The fourth-order valence-electron chi connectivity index (χ4n) is 1.46. The monoisotopic (exact) mass is 217 g/mol. The number of rotatable bonds is 3. The van der Waals surface area contributed by atoms with Crippen LogP contribution >= 0.6 is 0 Å². The molecule has 0 amide bonds. The van der Waals surface area contributed by atoms with Crippen LogP contribution < -0.4 is 5.73 Å². The molecule has 3 nitrogen and oxygen atoms in total. The van der Waals surface area contributed by atoms with Crippen LogP contribution in [-0.2, 0) is 6.42 Å². The number of nitrogens with two attached hydrogens (primary N) is 1. The van der Waals surface area contributed by atoms with Gasteiger partial charge in [0.2, 0.25) is 0 Å². The summed E-state index contributed by atoms with van der Waals surface area (Å²) in [5, 5.41) is 0. The normalized spacial score (nSPS) is 10.4. The standard InChI is InChI=1S/C12H12FN3/c13-10-3-1-9(2-4-10)12-7-11(5-6-14)15-8-16-12/h1-4,7-8H,5-6,14H2. The second-order valence-corrected chi connectivity index (χ2v) is 3.44. The molecule has 0 aliphatic heterocycles. The topological polar surface area (TPSA) is 51.8 Å². The van der Waals surface area contributed by atoms with Gasteiger partial charge in [0.1, 0.15) is 12.1 Å². The lowest BCUT2D eigenvalue weighted by Crippen LogP contribution is -2.04. The van der Waals surface area contributed by atoms with Gasteiger partial charge in [0.25, 0.3) is 0 Å². The molecule has 2 rings (SSSR count). The van der Waals surface area contributed by atoms with E-state index in [1.165, 1.54) is 18.5 Å². The fourth-order valence-corrected chi connectivity index (χ4v) is 1.46. The molecule has 0 atom stereocenters. The lowest BCUT2D eigenvalue weighted by molar-refractivity contribution is 0.628. The minimum Gasteiger partial charge on any atom is -0.330 e. The highest BCUT2D eigenvalue weighted by molar-refractivity contribution is 5.58. The molecule has 4 heteroatoms. The lowest BCUT2D eigenvalue weighted by atomic mass is 10.1. The molecule has 0 aliphatic carbocycles. The molecule has 2 aromatic rings. The number of aromatic nitrogens is 2. The van der Waals surface area contributed by atoms with Crippen molar-refractivity contribution in [3.63, 3.8) is 0 Å². The zero-order valence-electron chi connectivity index (χ0n) is 8.73. The first kappa shape index (κ1) is 10.7. The Hall–Kier alpha value is -1.81. The molecule has 1 aromatic heterocycles. The van der Waals surface area contributed by atoms with E-state index >= 15 is 0 Å². The number of benzene rings is 1. The average Bonchev–Trinajstić information content (AvgIpc) is 2.31. The minimum absolute atomic E-state index is 0.250. The summed E-state index contributed by atoms with van der Waals surface area (Å²) in [4.78, 5) is 8.25. The van der Waals surface area contributed by atoms with E-state index in [2.05, 4.69) is 9.97 Å². The molecule has 0 unspecified atom stereocenters. The second kappa shape index (κ2) is 4.81. The van der Waals surface area contributed by atoms with E-state index in [0.29, 0.717) is 6.54 Å². The maximum Gasteiger partial charge on any atom is 0.123 e. The largest absolute Gasteiger partial charge is 0.330 e. The van der Waals surface area contributed by atoms with Gasteiger partial charge in [-0.1, -0.05) is 0 Å². The van der Waals surface area contributed by atoms with E-state index in [1.54, 1.807) is 12.1 Å². The van der Waals surface area contributed by atoms with Gasteiger partial charge in [-0.25, -0.2) is 14.4 Å². The van der Waals surface area contributed by atoms with Gasteiger partial charge in [0, 0.05) is 17.7 Å². The molecule has 0 saturated heterocycles. The molecule has 0 radical (unpaired) electrons. The van der Waals surface area contributed by atoms with Crippen LogP contribution in [0, 0.1) is 5.82 Å². The minimum atomic E-state index is -0.250. The Morgan fingerprint density at radius 2 is 1.88 bits per heavy atom. The van der Waals surface area contributed by atoms with Crippen LogP contribution in [0.25, 0.3) is 11.3 Å². The molecule has 82 valence electrons. The number of hydrogen-bond acceptors (Lipinski definition) is 3. The van der Waals surface area contributed by atoms with Gasteiger partial charge in [0.05, 0.1) is 5.69 Å². The average molecular weight is 217 g/mol. The zero-order chi connectivity index (χ0) is 11.4. The van der Waals surface area contributed by atoms with Crippen molar-refractivity contribution in [2.24, 2.45) is 5.73 Å². The third kappa shape index (κ3) is 2.41. The number of nitrogens with zero attached hydrogens (tertiary/aromatic N) is 2. The van der Waals surface area contributed by atoms with Crippen molar-refractivity contribution in [2.45, 2.75) is 6.42 Å². The molecule has 0 bridgehead atoms. The molecule has 0 spiro atoms. The zero-order valence-corrected chi connectivity index (χ0v) is 8.73. The molecule has 16 heavy (non-hydrogen) atoms. The molecule has 1 heterocycles. The highest BCUT2D eigenvalue weighted by Gasteiger charge is 2.01. The van der Waals surface area contributed by atoms with Crippen LogP contribution in [0.1, 0.15) is 5.69 Å². The van der Waals surface area contributed by atoms with Crippen LogP contribution in [0.3, 0.4) is 0 Å². The highest BCUT2D eigenvalue weighted by Crippen LogP contribution is 2.17. The van der Waals surface area contributed by atoms with Crippen LogP contribution in [0.5, 0.6) is 0 Å². The van der Waals surface area contributed by atoms with Crippen LogP contribution in [-0.4, -0.2) is 16.5 Å². The summed E-state index contributed by atoms with van der Waals surface area (Å²) in [5.74, 6) is -0.250.